The average molecular weight is 277 g/mol. The van der Waals surface area contributed by atoms with Crippen LogP contribution in [-0.2, 0) is 0 Å². The summed E-state index contributed by atoms with van der Waals surface area (Å²) in [5.41, 5.74) is 0. The molecule has 1 heterocycles. The first-order chi connectivity index (χ1) is 5.83. The van der Waals surface area contributed by atoms with Crippen LogP contribution in [0.15, 0.2) is 24.0 Å². The lowest BCUT2D eigenvalue weighted by molar-refractivity contribution is 1.94. The first kappa shape index (κ1) is 9.17. The highest BCUT2D eigenvalue weighted by Crippen LogP contribution is 2.29. The summed E-state index contributed by atoms with van der Waals surface area (Å²) in [6.07, 6.45) is 0. The van der Waals surface area contributed by atoms with E-state index in [0.717, 1.165) is 15.5 Å². The van der Waals surface area contributed by atoms with Crippen molar-refractivity contribution in [2.24, 2.45) is 0 Å². The van der Waals surface area contributed by atoms with Crippen LogP contribution in [0.5, 0.6) is 0 Å². The molecule has 0 N–H and O–H groups in total. The molecule has 0 saturated heterocycles. The third kappa shape index (κ3) is 1.49. The molecule has 2 aromatic rings. The van der Waals surface area contributed by atoms with Crippen molar-refractivity contribution >= 4 is 61.3 Å². The van der Waals surface area contributed by atoms with Gasteiger partial charge in [0.15, 0.2) is 0 Å². The van der Waals surface area contributed by atoms with E-state index < -0.39 is 0 Å². The van der Waals surface area contributed by atoms with Crippen LogP contribution in [-0.4, -0.2) is 0 Å². The van der Waals surface area contributed by atoms with Gasteiger partial charge in [0, 0.05) is 5.39 Å². The number of hydrogen-bond acceptors (Lipinski definition) is 0. The maximum absolute atomic E-state index is 3.53. The highest BCUT2D eigenvalue weighted by atomic mass is 79.9. The Morgan fingerprint density at radius 1 is 1.42 bits per heavy atom. The molecule has 2 rings (SSSR count). The highest BCUT2D eigenvalue weighted by molar-refractivity contribution is 9.37. The van der Waals surface area contributed by atoms with E-state index in [1.54, 1.807) is 0 Å². The van der Waals surface area contributed by atoms with Gasteiger partial charge in [-0.25, -0.2) is 0 Å². The van der Waals surface area contributed by atoms with Crippen molar-refractivity contribution in [3.63, 3.8) is 0 Å². The van der Waals surface area contributed by atoms with Crippen LogP contribution < -0.4 is 10.6 Å². The number of fused-ring (bicyclic) bond motifs is 1. The van der Waals surface area contributed by atoms with Crippen LogP contribution in [0.4, 0.5) is 0 Å². The molecular weight excluding hydrogens is 269 g/mol. The minimum Gasteiger partial charge on any atom is -0.131 e. The topological polar surface area (TPSA) is 0 Å². The van der Waals surface area contributed by atoms with Gasteiger partial charge < -0.3 is 0 Å². The van der Waals surface area contributed by atoms with Crippen molar-refractivity contribution in [2.45, 2.75) is 0 Å². The van der Waals surface area contributed by atoms with Gasteiger partial charge in [-0.1, -0.05) is 33.7 Å². The van der Waals surface area contributed by atoms with Gasteiger partial charge in [0.1, 0.15) is 0 Å². The van der Waals surface area contributed by atoms with Crippen molar-refractivity contribution in [1.29, 1.82) is 0 Å². The minimum absolute atomic E-state index is 0.721. The molecule has 1 aromatic carbocycles. The zero-order valence-corrected chi connectivity index (χ0v) is 11.0. The summed E-state index contributed by atoms with van der Waals surface area (Å²) in [5.74, 6) is 2.30. The van der Waals surface area contributed by atoms with E-state index in [1.165, 1.54) is 21.1 Å². The van der Waals surface area contributed by atoms with Gasteiger partial charge >= 0.3 is 0 Å². The standard InChI is InChI=1S/C8H8BrP3/c9-12-7-3-1-2-6-8(7)5(10)4-11-6/h1-4,11-12H,10H2. The third-order valence-electron chi connectivity index (χ3n) is 1.84. The van der Waals surface area contributed by atoms with Gasteiger partial charge in [-0.05, 0) is 28.8 Å². The second kappa shape index (κ2) is 3.77. The van der Waals surface area contributed by atoms with E-state index in [0.29, 0.717) is 0 Å². The van der Waals surface area contributed by atoms with Gasteiger partial charge in [0.05, 0.1) is 0 Å². The van der Waals surface area contributed by atoms with E-state index in [9.17, 15) is 0 Å². The van der Waals surface area contributed by atoms with Crippen LogP contribution in [0.1, 0.15) is 0 Å². The SMILES string of the molecule is Pc1c[pH]c2cccc(PBr)c12. The molecule has 3 unspecified atom stereocenters. The average Bonchev–Trinajstić information content (AvgIpc) is 2.48. The van der Waals surface area contributed by atoms with Crippen molar-refractivity contribution in [1.82, 2.24) is 0 Å². The minimum atomic E-state index is 0.721. The van der Waals surface area contributed by atoms with E-state index in [4.69, 9.17) is 0 Å². The Kier molecular flexibility index (Phi) is 2.88. The molecule has 0 aliphatic rings. The normalized spacial score (nSPS) is 12.5. The molecule has 0 fully saturated rings. The fraction of sp³-hybridized carbons (Fsp3) is 0. The monoisotopic (exact) mass is 276 g/mol. The Labute approximate surface area is 85.3 Å². The smallest absolute Gasteiger partial charge is 0.00110 e. The number of benzene rings is 1. The number of hydrogen-bond donors (Lipinski definition) is 0. The fourth-order valence-electron chi connectivity index (χ4n) is 1.29. The Morgan fingerprint density at radius 2 is 2.25 bits per heavy atom. The lowest BCUT2D eigenvalue weighted by Crippen LogP contribution is -1.98. The third-order valence-corrected chi connectivity index (χ3v) is 5.71. The Hall–Kier alpha value is 0.600. The zero-order chi connectivity index (χ0) is 8.55. The molecule has 12 heavy (non-hydrogen) atoms. The molecule has 0 bridgehead atoms. The van der Waals surface area contributed by atoms with Crippen LogP contribution in [0.2, 0.25) is 0 Å². The molecule has 0 nitrogen and oxygen atoms in total. The summed E-state index contributed by atoms with van der Waals surface area (Å²) < 4.78 is 0. The second-order valence-corrected chi connectivity index (χ2v) is 6.22. The summed E-state index contributed by atoms with van der Waals surface area (Å²) in [7, 11) is 4.40. The predicted octanol–water partition coefficient (Wildman–Crippen LogP) is 2.99. The summed E-state index contributed by atoms with van der Waals surface area (Å²) in [6.45, 7) is 0. The molecule has 0 spiro atoms. The van der Waals surface area contributed by atoms with Crippen molar-refractivity contribution in [3.05, 3.63) is 24.0 Å². The summed E-state index contributed by atoms with van der Waals surface area (Å²) in [5, 5.41) is 5.74. The maximum Gasteiger partial charge on any atom is 0.00110 e. The maximum atomic E-state index is 3.53. The van der Waals surface area contributed by atoms with Gasteiger partial charge in [-0.2, -0.15) is 0 Å². The fourth-order valence-corrected chi connectivity index (χ4v) is 4.86. The first-order valence-electron chi connectivity index (χ1n) is 3.55. The Balaban J connectivity index is 2.84. The molecular formula is C8H8BrP3. The van der Waals surface area contributed by atoms with Crippen molar-refractivity contribution in [3.8, 4) is 0 Å². The van der Waals surface area contributed by atoms with Crippen molar-refractivity contribution in [2.75, 3.05) is 0 Å². The first-order valence-corrected chi connectivity index (χ1v) is 8.46. The lowest BCUT2D eigenvalue weighted by Gasteiger charge is -1.98. The van der Waals surface area contributed by atoms with Crippen LogP contribution >= 0.6 is 40.2 Å². The lowest BCUT2D eigenvalue weighted by atomic mass is 10.3. The summed E-state index contributed by atoms with van der Waals surface area (Å²) in [6, 6.07) is 6.56. The molecule has 4 heteroatoms. The molecule has 1 aromatic heterocycles. The van der Waals surface area contributed by atoms with E-state index in [1.807, 2.05) is 0 Å². The largest absolute Gasteiger partial charge is 0.131 e. The molecule has 0 aliphatic heterocycles. The summed E-state index contributed by atoms with van der Waals surface area (Å²) in [4.78, 5) is 0. The highest BCUT2D eigenvalue weighted by Gasteiger charge is 2.02. The van der Waals surface area contributed by atoms with E-state index >= 15 is 0 Å². The number of halogens is 1. The molecule has 0 amide bonds. The molecule has 0 aliphatic carbocycles. The van der Waals surface area contributed by atoms with E-state index in [2.05, 4.69) is 48.7 Å². The van der Waals surface area contributed by atoms with E-state index in [-0.39, 0.29) is 0 Å². The van der Waals surface area contributed by atoms with Gasteiger partial charge in [-0.3, -0.25) is 0 Å². The van der Waals surface area contributed by atoms with Gasteiger partial charge in [-0.15, -0.1) is 17.4 Å². The Morgan fingerprint density at radius 3 is 3.00 bits per heavy atom. The predicted molar refractivity (Wildman–Crippen MR) is 69.7 cm³/mol. The van der Waals surface area contributed by atoms with Gasteiger partial charge in [0.2, 0.25) is 0 Å². The second-order valence-electron chi connectivity index (χ2n) is 2.57. The number of rotatable bonds is 1. The van der Waals surface area contributed by atoms with Crippen LogP contribution in [0.3, 0.4) is 0 Å². The summed E-state index contributed by atoms with van der Waals surface area (Å²) >= 11 is 3.53. The quantitative estimate of drug-likeness (QED) is 0.703. The Bertz CT molecular complexity index is 408. The van der Waals surface area contributed by atoms with Crippen molar-refractivity contribution < 1.29 is 0 Å². The van der Waals surface area contributed by atoms with Crippen LogP contribution in [0.25, 0.3) is 10.5 Å². The van der Waals surface area contributed by atoms with Gasteiger partial charge in [0.25, 0.3) is 0 Å². The molecule has 0 saturated carbocycles. The zero-order valence-electron chi connectivity index (χ0n) is 6.26. The van der Waals surface area contributed by atoms with Crippen LogP contribution in [0, 0.1) is 0 Å². The molecule has 62 valence electrons. The molecule has 0 radical (unpaired) electrons. The molecule has 3 atom stereocenters.